The van der Waals surface area contributed by atoms with Crippen molar-refractivity contribution in [3.05, 3.63) is 65.7 Å². The topological polar surface area (TPSA) is 21.3 Å². The Morgan fingerprint density at radius 1 is 0.900 bits per heavy atom. The van der Waals surface area contributed by atoms with Gasteiger partial charge in [0.2, 0.25) is 0 Å². The third-order valence-electron chi connectivity index (χ3n) is 3.34. The Balaban J connectivity index is 1.79. The largest absolute Gasteiger partial charge is 0.491 e. The summed E-state index contributed by atoms with van der Waals surface area (Å²) in [7, 11) is 0. The first kappa shape index (κ1) is 14.6. The smallest absolute Gasteiger partial charge is 0.119 e. The zero-order valence-corrected chi connectivity index (χ0v) is 12.3. The van der Waals surface area contributed by atoms with Gasteiger partial charge in [-0.1, -0.05) is 49.4 Å². The summed E-state index contributed by atoms with van der Waals surface area (Å²) < 4.78 is 5.77. The van der Waals surface area contributed by atoms with E-state index in [0.29, 0.717) is 0 Å². The van der Waals surface area contributed by atoms with Crippen LogP contribution < -0.4 is 10.1 Å². The van der Waals surface area contributed by atoms with Gasteiger partial charge in [0.15, 0.2) is 0 Å². The van der Waals surface area contributed by atoms with E-state index in [1.807, 2.05) is 18.2 Å². The lowest BCUT2D eigenvalue weighted by molar-refractivity contribution is 0.217. The predicted molar refractivity (Wildman–Crippen MR) is 83.8 cm³/mol. The third kappa shape index (κ3) is 4.71. The molecule has 2 nitrogen and oxygen atoms in total. The van der Waals surface area contributed by atoms with Crippen LogP contribution in [0.4, 0.5) is 0 Å². The Hall–Kier alpha value is -1.80. The minimum atomic E-state index is 0.275. The zero-order valence-electron chi connectivity index (χ0n) is 12.3. The Bertz CT molecular complexity index is 493. The van der Waals surface area contributed by atoms with Crippen molar-refractivity contribution < 1.29 is 4.74 Å². The van der Waals surface area contributed by atoms with Crippen LogP contribution in [-0.2, 0) is 13.1 Å². The second-order valence-electron chi connectivity index (χ2n) is 5.07. The minimum absolute atomic E-state index is 0.275. The molecule has 0 aliphatic rings. The summed E-state index contributed by atoms with van der Waals surface area (Å²) in [4.78, 5) is 0. The lowest BCUT2D eigenvalue weighted by Gasteiger charge is -2.13. The van der Waals surface area contributed by atoms with E-state index in [0.717, 1.165) is 25.3 Å². The molecule has 0 saturated carbocycles. The van der Waals surface area contributed by atoms with Crippen LogP contribution in [0.25, 0.3) is 0 Å². The first-order valence-electron chi connectivity index (χ1n) is 7.28. The van der Waals surface area contributed by atoms with Gasteiger partial charge in [-0.3, -0.25) is 0 Å². The van der Waals surface area contributed by atoms with Crippen molar-refractivity contribution >= 4 is 0 Å². The highest BCUT2D eigenvalue weighted by atomic mass is 16.5. The van der Waals surface area contributed by atoms with Crippen LogP contribution in [0.5, 0.6) is 5.75 Å². The van der Waals surface area contributed by atoms with Gasteiger partial charge < -0.3 is 10.1 Å². The van der Waals surface area contributed by atoms with E-state index in [-0.39, 0.29) is 6.10 Å². The first-order chi connectivity index (χ1) is 9.78. The second-order valence-corrected chi connectivity index (χ2v) is 5.07. The fourth-order valence-corrected chi connectivity index (χ4v) is 1.95. The molecule has 0 fully saturated rings. The molecule has 106 valence electrons. The first-order valence-corrected chi connectivity index (χ1v) is 7.28. The molecule has 1 N–H and O–H groups in total. The Labute approximate surface area is 121 Å². The van der Waals surface area contributed by atoms with Crippen LogP contribution in [0.1, 0.15) is 31.4 Å². The highest BCUT2D eigenvalue weighted by molar-refractivity contribution is 5.27. The maximum absolute atomic E-state index is 5.77. The molecule has 1 atom stereocenters. The number of ether oxygens (including phenoxy) is 1. The average molecular weight is 269 g/mol. The molecule has 2 aromatic carbocycles. The Morgan fingerprint density at radius 2 is 1.50 bits per heavy atom. The summed E-state index contributed by atoms with van der Waals surface area (Å²) in [6.45, 7) is 5.99. The second kappa shape index (κ2) is 7.71. The molecule has 0 aliphatic carbocycles. The van der Waals surface area contributed by atoms with Crippen molar-refractivity contribution in [2.24, 2.45) is 0 Å². The summed E-state index contributed by atoms with van der Waals surface area (Å²) >= 11 is 0. The lowest BCUT2D eigenvalue weighted by atomic mass is 10.2. The van der Waals surface area contributed by atoms with Gasteiger partial charge in [-0.15, -0.1) is 0 Å². The molecule has 0 spiro atoms. The molecule has 0 radical (unpaired) electrons. The fourth-order valence-electron chi connectivity index (χ4n) is 1.95. The molecule has 0 heterocycles. The van der Waals surface area contributed by atoms with Crippen molar-refractivity contribution in [2.75, 3.05) is 0 Å². The molecule has 0 saturated heterocycles. The van der Waals surface area contributed by atoms with Crippen molar-refractivity contribution in [3.8, 4) is 5.75 Å². The van der Waals surface area contributed by atoms with E-state index in [2.05, 4.69) is 55.6 Å². The lowest BCUT2D eigenvalue weighted by Crippen LogP contribution is -2.13. The summed E-state index contributed by atoms with van der Waals surface area (Å²) in [5.41, 5.74) is 2.58. The molecule has 0 bridgehead atoms. The van der Waals surface area contributed by atoms with Crippen molar-refractivity contribution in [1.82, 2.24) is 5.32 Å². The molecular formula is C18H23NO. The van der Waals surface area contributed by atoms with Gasteiger partial charge >= 0.3 is 0 Å². The van der Waals surface area contributed by atoms with E-state index < -0.39 is 0 Å². The summed E-state index contributed by atoms with van der Waals surface area (Å²) in [6.07, 6.45) is 1.30. The molecule has 0 aliphatic heterocycles. The van der Waals surface area contributed by atoms with Crippen LogP contribution in [0, 0.1) is 0 Å². The fraction of sp³-hybridized carbons (Fsp3) is 0.333. The zero-order chi connectivity index (χ0) is 14.2. The van der Waals surface area contributed by atoms with Gasteiger partial charge in [0, 0.05) is 13.1 Å². The molecule has 2 heteroatoms. The van der Waals surface area contributed by atoms with Gasteiger partial charge in [0.05, 0.1) is 6.10 Å². The third-order valence-corrected chi connectivity index (χ3v) is 3.34. The van der Waals surface area contributed by atoms with Crippen LogP contribution in [-0.4, -0.2) is 6.10 Å². The molecule has 1 unspecified atom stereocenters. The summed E-state index contributed by atoms with van der Waals surface area (Å²) in [5.74, 6) is 0.950. The number of hydrogen-bond donors (Lipinski definition) is 1. The van der Waals surface area contributed by atoms with Crippen LogP contribution in [0.15, 0.2) is 54.6 Å². The normalized spacial score (nSPS) is 12.1. The SMILES string of the molecule is CCC(C)Oc1ccc(CNCc2ccccc2)cc1. The highest BCUT2D eigenvalue weighted by Gasteiger charge is 2.01. The summed E-state index contributed by atoms with van der Waals surface area (Å²) in [6, 6.07) is 18.8. The van der Waals surface area contributed by atoms with Crippen molar-refractivity contribution in [1.29, 1.82) is 0 Å². The number of benzene rings is 2. The van der Waals surface area contributed by atoms with E-state index in [9.17, 15) is 0 Å². The maximum Gasteiger partial charge on any atom is 0.119 e. The van der Waals surface area contributed by atoms with E-state index >= 15 is 0 Å². The van der Waals surface area contributed by atoms with Crippen LogP contribution >= 0.6 is 0 Å². The highest BCUT2D eigenvalue weighted by Crippen LogP contribution is 2.14. The molecule has 2 rings (SSSR count). The quantitative estimate of drug-likeness (QED) is 0.815. The van der Waals surface area contributed by atoms with Gasteiger partial charge in [-0.05, 0) is 36.6 Å². The molecule has 20 heavy (non-hydrogen) atoms. The van der Waals surface area contributed by atoms with Gasteiger partial charge in [-0.25, -0.2) is 0 Å². The number of hydrogen-bond acceptors (Lipinski definition) is 2. The van der Waals surface area contributed by atoms with Gasteiger partial charge in [-0.2, -0.15) is 0 Å². The molecule has 0 amide bonds. The molecule has 0 aromatic heterocycles. The van der Waals surface area contributed by atoms with Crippen LogP contribution in [0.3, 0.4) is 0 Å². The van der Waals surface area contributed by atoms with Crippen LogP contribution in [0.2, 0.25) is 0 Å². The molecule has 2 aromatic rings. The Kier molecular flexibility index (Phi) is 5.63. The monoisotopic (exact) mass is 269 g/mol. The van der Waals surface area contributed by atoms with E-state index in [1.165, 1.54) is 11.1 Å². The van der Waals surface area contributed by atoms with E-state index in [1.54, 1.807) is 0 Å². The predicted octanol–water partition coefficient (Wildman–Crippen LogP) is 4.15. The van der Waals surface area contributed by atoms with Gasteiger partial charge in [0.25, 0.3) is 0 Å². The number of rotatable bonds is 7. The Morgan fingerprint density at radius 3 is 2.10 bits per heavy atom. The number of nitrogens with one attached hydrogen (secondary N) is 1. The molecular weight excluding hydrogens is 246 g/mol. The summed E-state index contributed by atoms with van der Waals surface area (Å²) in [5, 5.41) is 3.45. The van der Waals surface area contributed by atoms with Crippen molar-refractivity contribution in [2.45, 2.75) is 39.5 Å². The van der Waals surface area contributed by atoms with Gasteiger partial charge in [0.1, 0.15) is 5.75 Å². The van der Waals surface area contributed by atoms with Crippen molar-refractivity contribution in [3.63, 3.8) is 0 Å². The standard InChI is InChI=1S/C18H23NO/c1-3-15(2)20-18-11-9-17(10-12-18)14-19-13-16-7-5-4-6-8-16/h4-12,15,19H,3,13-14H2,1-2H3. The maximum atomic E-state index is 5.77. The average Bonchev–Trinajstić information content (AvgIpc) is 2.50. The minimum Gasteiger partial charge on any atom is -0.491 e. The van der Waals surface area contributed by atoms with E-state index in [4.69, 9.17) is 4.74 Å².